The van der Waals surface area contributed by atoms with Gasteiger partial charge >= 0.3 is 0 Å². The summed E-state index contributed by atoms with van der Waals surface area (Å²) >= 11 is 0. The maximum atomic E-state index is 14.2. The fourth-order valence-electron chi connectivity index (χ4n) is 11.4. The van der Waals surface area contributed by atoms with Crippen LogP contribution in [0.1, 0.15) is 131 Å². The molecule has 4 saturated carbocycles. The van der Waals surface area contributed by atoms with Crippen molar-refractivity contribution >= 4 is 9.84 Å². The fraction of sp³-hybridized carbons (Fsp3) is 0.795. The number of sulfone groups is 1. The summed E-state index contributed by atoms with van der Waals surface area (Å²) in [6, 6.07) is 9.01. The molecular weight excluding hydrogens is 564 g/mol. The van der Waals surface area contributed by atoms with E-state index in [9.17, 15) is 18.6 Å². The molecule has 246 valence electrons. The summed E-state index contributed by atoms with van der Waals surface area (Å²) in [5, 5.41) is 22.3. The summed E-state index contributed by atoms with van der Waals surface area (Å²) in [4.78, 5) is 0.403. The lowest BCUT2D eigenvalue weighted by atomic mass is 9.50. The monoisotopic (exact) mass is 624 g/mol. The van der Waals surface area contributed by atoms with Gasteiger partial charge in [0.1, 0.15) is 0 Å². The van der Waals surface area contributed by atoms with Crippen LogP contribution in [0.4, 0.5) is 0 Å². The Morgan fingerprint density at radius 3 is 2.25 bits per heavy atom. The van der Waals surface area contributed by atoms with Crippen molar-refractivity contribution in [2.75, 3.05) is 0 Å². The van der Waals surface area contributed by atoms with Gasteiger partial charge in [-0.3, -0.25) is 0 Å². The first-order valence-electron chi connectivity index (χ1n) is 18.1. The molecule has 44 heavy (non-hydrogen) atoms. The number of fused-ring (bicyclic) bond motifs is 5. The molecule has 1 aromatic rings. The molecule has 6 rings (SSSR count). The molecule has 2 unspecified atom stereocenters. The molecule has 0 aromatic heterocycles. The molecule has 0 aliphatic heterocycles. The molecule has 5 aliphatic carbocycles. The Hall–Kier alpha value is -1.17. The number of hydrogen-bond donors (Lipinski definition) is 2. The minimum atomic E-state index is -3.57. The standard InChI is InChI=1S/C39H60O4S/c1-6-38(40)19-17-31-28(25-38)12-13-33-32(31)16-18-37(5)34(14-15-35(33)37)27(2)24-30(44(42,43)29-10-8-7-9-11-29)26-39(41)22-20-36(3,4)21-23-39/h7-12,27,30-35,40-41H,6,13-26H2,1-5H3/t27-,30?,31+,32?,33-,34-,35+,37-,38+/m1/s1. The Balaban J connectivity index is 1.21. The van der Waals surface area contributed by atoms with Gasteiger partial charge in [0.25, 0.3) is 0 Å². The Labute approximate surface area is 268 Å². The van der Waals surface area contributed by atoms with E-state index in [1.54, 1.807) is 17.7 Å². The first-order chi connectivity index (χ1) is 20.7. The van der Waals surface area contributed by atoms with Crippen LogP contribution in [0.25, 0.3) is 0 Å². The van der Waals surface area contributed by atoms with Crippen LogP contribution in [0.5, 0.6) is 0 Å². The van der Waals surface area contributed by atoms with Crippen LogP contribution in [-0.4, -0.2) is 35.1 Å². The number of benzene rings is 1. The zero-order chi connectivity index (χ0) is 31.5. The van der Waals surface area contributed by atoms with E-state index in [0.29, 0.717) is 48.3 Å². The smallest absolute Gasteiger partial charge is 0.181 e. The van der Waals surface area contributed by atoms with Crippen molar-refractivity contribution < 1.29 is 18.6 Å². The Kier molecular flexibility index (Phi) is 8.80. The van der Waals surface area contributed by atoms with Crippen molar-refractivity contribution in [2.24, 2.45) is 46.3 Å². The third-order valence-electron chi connectivity index (χ3n) is 14.3. The molecular formula is C39H60O4S. The highest BCUT2D eigenvalue weighted by Crippen LogP contribution is 2.65. The van der Waals surface area contributed by atoms with E-state index in [4.69, 9.17) is 0 Å². The topological polar surface area (TPSA) is 74.6 Å². The van der Waals surface area contributed by atoms with Crippen molar-refractivity contribution in [3.05, 3.63) is 42.0 Å². The van der Waals surface area contributed by atoms with Crippen LogP contribution in [0, 0.1) is 46.3 Å². The van der Waals surface area contributed by atoms with Crippen molar-refractivity contribution in [1.29, 1.82) is 0 Å². The number of aliphatic hydroxyl groups is 2. The molecule has 0 spiro atoms. The van der Waals surface area contributed by atoms with E-state index >= 15 is 0 Å². The predicted molar refractivity (Wildman–Crippen MR) is 179 cm³/mol. The molecule has 0 heterocycles. The molecule has 4 nitrogen and oxygen atoms in total. The summed E-state index contributed by atoms with van der Waals surface area (Å²) in [7, 11) is -3.57. The van der Waals surface area contributed by atoms with E-state index in [1.165, 1.54) is 25.7 Å². The molecule has 4 fully saturated rings. The number of allylic oxidation sites excluding steroid dienone is 1. The highest BCUT2D eigenvalue weighted by Gasteiger charge is 2.57. The van der Waals surface area contributed by atoms with E-state index in [2.05, 4.69) is 40.7 Å². The second kappa shape index (κ2) is 11.8. The van der Waals surface area contributed by atoms with Crippen LogP contribution in [0.2, 0.25) is 0 Å². The van der Waals surface area contributed by atoms with E-state index in [1.807, 2.05) is 18.2 Å². The average molecular weight is 625 g/mol. The minimum Gasteiger partial charge on any atom is -0.390 e. The van der Waals surface area contributed by atoms with Gasteiger partial charge in [-0.1, -0.05) is 64.5 Å². The predicted octanol–water partition coefficient (Wildman–Crippen LogP) is 8.91. The van der Waals surface area contributed by atoms with Crippen molar-refractivity contribution in [3.8, 4) is 0 Å². The lowest BCUT2D eigenvalue weighted by Crippen LogP contribution is -2.48. The average Bonchev–Trinajstić information content (AvgIpc) is 3.36. The summed E-state index contributed by atoms with van der Waals surface area (Å²) < 4.78 is 28.5. The van der Waals surface area contributed by atoms with Crippen molar-refractivity contribution in [3.63, 3.8) is 0 Å². The summed E-state index contributed by atoms with van der Waals surface area (Å²) in [6.45, 7) is 11.5. The van der Waals surface area contributed by atoms with Gasteiger partial charge in [0.15, 0.2) is 9.84 Å². The van der Waals surface area contributed by atoms with Gasteiger partial charge in [0, 0.05) is 0 Å². The van der Waals surface area contributed by atoms with Gasteiger partial charge in [-0.2, -0.15) is 0 Å². The lowest BCUT2D eigenvalue weighted by Gasteiger charge is -2.55. The fourth-order valence-corrected chi connectivity index (χ4v) is 13.4. The molecule has 0 amide bonds. The molecule has 0 radical (unpaired) electrons. The van der Waals surface area contributed by atoms with Crippen LogP contribution < -0.4 is 0 Å². The van der Waals surface area contributed by atoms with Crippen LogP contribution in [0.3, 0.4) is 0 Å². The molecule has 9 atom stereocenters. The molecule has 0 saturated heterocycles. The van der Waals surface area contributed by atoms with Gasteiger partial charge in [-0.05, 0) is 155 Å². The van der Waals surface area contributed by atoms with Crippen molar-refractivity contribution in [1.82, 2.24) is 0 Å². The van der Waals surface area contributed by atoms with Crippen LogP contribution in [-0.2, 0) is 9.84 Å². The molecule has 5 heteroatoms. The Bertz CT molecular complexity index is 1310. The summed E-state index contributed by atoms with van der Waals surface area (Å²) in [5.41, 5.74) is 0.606. The quantitative estimate of drug-likeness (QED) is 0.283. The van der Waals surface area contributed by atoms with Crippen LogP contribution >= 0.6 is 0 Å². The van der Waals surface area contributed by atoms with E-state index < -0.39 is 26.3 Å². The molecule has 0 bridgehead atoms. The van der Waals surface area contributed by atoms with E-state index in [0.717, 1.165) is 56.8 Å². The first kappa shape index (κ1) is 32.8. The maximum Gasteiger partial charge on any atom is 0.181 e. The summed E-state index contributed by atoms with van der Waals surface area (Å²) in [6.07, 6.45) is 16.7. The molecule has 2 N–H and O–H groups in total. The van der Waals surface area contributed by atoms with Gasteiger partial charge in [0.05, 0.1) is 21.3 Å². The Morgan fingerprint density at radius 2 is 1.57 bits per heavy atom. The zero-order valence-electron chi connectivity index (χ0n) is 28.2. The second-order valence-electron chi connectivity index (χ2n) is 17.4. The second-order valence-corrected chi connectivity index (χ2v) is 19.6. The first-order valence-corrected chi connectivity index (χ1v) is 19.7. The molecule has 1 aromatic carbocycles. The Morgan fingerprint density at radius 1 is 0.864 bits per heavy atom. The van der Waals surface area contributed by atoms with Gasteiger partial charge in [0.2, 0.25) is 0 Å². The van der Waals surface area contributed by atoms with Gasteiger partial charge in [-0.15, -0.1) is 0 Å². The minimum absolute atomic E-state index is 0.212. The maximum absolute atomic E-state index is 14.2. The number of rotatable bonds is 8. The van der Waals surface area contributed by atoms with E-state index in [-0.39, 0.29) is 16.7 Å². The highest BCUT2D eigenvalue weighted by atomic mass is 32.2. The van der Waals surface area contributed by atoms with Gasteiger partial charge < -0.3 is 10.2 Å². The van der Waals surface area contributed by atoms with Crippen LogP contribution in [0.15, 0.2) is 46.9 Å². The zero-order valence-corrected chi connectivity index (χ0v) is 29.0. The SMILES string of the molecule is CC[C@]1(O)CC[C@H]2C(=CC[C@@H]3C2CC[C@]2(C)[C@@H]([C@H](C)CC(CC4(O)CCC(C)(C)CC4)S(=O)(=O)c4ccccc4)CC[C@@H]32)C1. The molecule has 5 aliphatic rings. The third kappa shape index (κ3) is 6.01. The largest absolute Gasteiger partial charge is 0.390 e. The lowest BCUT2D eigenvalue weighted by molar-refractivity contribution is -0.0481. The van der Waals surface area contributed by atoms with Crippen molar-refractivity contribution in [2.45, 2.75) is 152 Å². The normalized spacial score (nSPS) is 39.3. The summed E-state index contributed by atoms with van der Waals surface area (Å²) in [5.74, 6) is 3.64. The third-order valence-corrected chi connectivity index (χ3v) is 16.5. The highest BCUT2D eigenvalue weighted by molar-refractivity contribution is 7.92. The number of hydrogen-bond acceptors (Lipinski definition) is 4. The van der Waals surface area contributed by atoms with Gasteiger partial charge in [-0.25, -0.2) is 8.42 Å².